The van der Waals surface area contributed by atoms with Crippen molar-refractivity contribution < 1.29 is 13.5 Å². The molecule has 2 aromatic carbocycles. The number of halogens is 2. The molecule has 1 fully saturated rings. The van der Waals surface area contributed by atoms with E-state index in [9.17, 15) is 9.65 Å². The number of hydrogen-bond donors (Lipinski definition) is 2. The Morgan fingerprint density at radius 2 is 1.86 bits per heavy atom. The lowest BCUT2D eigenvalue weighted by atomic mass is 10.2. The van der Waals surface area contributed by atoms with Gasteiger partial charge in [0.05, 0.1) is 5.52 Å². The lowest BCUT2D eigenvalue weighted by Gasteiger charge is -2.35. The first-order valence-corrected chi connectivity index (χ1v) is 11.7. The van der Waals surface area contributed by atoms with E-state index < -0.39 is 11.6 Å². The van der Waals surface area contributed by atoms with Gasteiger partial charge in [0.15, 0.2) is 28.8 Å². The van der Waals surface area contributed by atoms with Crippen LogP contribution in [0.2, 0.25) is 0 Å². The van der Waals surface area contributed by atoms with Crippen LogP contribution >= 0.6 is 0 Å². The van der Waals surface area contributed by atoms with Crippen LogP contribution in [0.1, 0.15) is 18.2 Å². The van der Waals surface area contributed by atoms with E-state index in [4.69, 9.17) is 4.74 Å². The highest BCUT2D eigenvalue weighted by Crippen LogP contribution is 2.34. The monoisotopic (exact) mass is 489 g/mol. The molecule has 8 nitrogen and oxygen atoms in total. The Morgan fingerprint density at radius 1 is 1.11 bits per heavy atom. The molecule has 2 aromatic heterocycles. The van der Waals surface area contributed by atoms with Crippen molar-refractivity contribution in [2.45, 2.75) is 13.8 Å². The molecule has 0 saturated carbocycles. The second-order valence-corrected chi connectivity index (χ2v) is 8.62. The molecule has 0 bridgehead atoms. The average molecular weight is 490 g/mol. The Morgan fingerprint density at radius 3 is 2.56 bits per heavy atom. The van der Waals surface area contributed by atoms with Gasteiger partial charge in [0.1, 0.15) is 12.4 Å². The molecule has 0 aliphatic carbocycles. The van der Waals surface area contributed by atoms with Crippen LogP contribution in [0.15, 0.2) is 42.7 Å². The fraction of sp³-hybridized carbons (Fsp3) is 0.269. The van der Waals surface area contributed by atoms with Gasteiger partial charge >= 0.3 is 0 Å². The van der Waals surface area contributed by atoms with E-state index in [-0.39, 0.29) is 33.9 Å². The van der Waals surface area contributed by atoms with Crippen molar-refractivity contribution in [2.75, 3.05) is 42.9 Å². The highest BCUT2D eigenvalue weighted by molar-refractivity contribution is 5.83. The molecule has 36 heavy (non-hydrogen) atoms. The molecule has 3 heterocycles. The first-order chi connectivity index (χ1) is 17.5. The number of nitrogens with zero attached hydrogens (tertiary/aromatic N) is 5. The number of fused-ring (bicyclic) bond motifs is 1. The summed E-state index contributed by atoms with van der Waals surface area (Å²) < 4.78 is 35.1. The molecule has 10 heteroatoms. The normalized spacial score (nSPS) is 14.1. The van der Waals surface area contributed by atoms with E-state index in [1.54, 1.807) is 6.92 Å². The zero-order chi connectivity index (χ0) is 25.2. The Hall–Kier alpha value is -4.23. The van der Waals surface area contributed by atoms with Crippen LogP contribution < -0.4 is 15.0 Å². The van der Waals surface area contributed by atoms with Crippen LogP contribution in [-0.2, 0) is 0 Å². The average Bonchev–Trinajstić information content (AvgIpc) is 3.30. The maximum atomic E-state index is 15.0. The lowest BCUT2D eigenvalue weighted by Crippen LogP contribution is -2.46. The minimum atomic E-state index is -0.747. The number of H-pyrrole nitrogens is 1. The quantitative estimate of drug-likeness (QED) is 0.390. The highest BCUT2D eigenvalue weighted by Gasteiger charge is 2.20. The molecule has 0 radical (unpaired) electrons. The summed E-state index contributed by atoms with van der Waals surface area (Å²) in [6.07, 6.45) is 1.20. The van der Waals surface area contributed by atoms with Gasteiger partial charge in [-0.3, -0.25) is 0 Å². The number of piperazine rings is 1. The van der Waals surface area contributed by atoms with Crippen LogP contribution in [0.4, 0.5) is 26.0 Å². The van der Waals surface area contributed by atoms with Gasteiger partial charge in [-0.1, -0.05) is 6.92 Å². The summed E-state index contributed by atoms with van der Waals surface area (Å²) in [5, 5.41) is 12.9. The number of benzene rings is 2. The van der Waals surface area contributed by atoms with E-state index in [0.717, 1.165) is 44.5 Å². The lowest BCUT2D eigenvalue weighted by molar-refractivity contribution is 0.271. The molecule has 0 atom stereocenters. The predicted molar refractivity (Wildman–Crippen MR) is 134 cm³/mol. The molecule has 4 aromatic rings. The Kier molecular flexibility index (Phi) is 6.40. The number of anilines is 3. The highest BCUT2D eigenvalue weighted by atomic mass is 19.1. The number of hydrogen-bond acceptors (Lipinski definition) is 7. The summed E-state index contributed by atoms with van der Waals surface area (Å²) in [6.45, 7) is 8.94. The van der Waals surface area contributed by atoms with Gasteiger partial charge in [-0.2, -0.15) is 5.26 Å². The molecule has 1 saturated heterocycles. The summed E-state index contributed by atoms with van der Waals surface area (Å²) in [4.78, 5) is 15.7. The first-order valence-electron chi connectivity index (χ1n) is 11.7. The molecule has 1 aliphatic heterocycles. The van der Waals surface area contributed by atoms with E-state index >= 15 is 4.39 Å². The van der Waals surface area contributed by atoms with Gasteiger partial charge in [0, 0.05) is 54.7 Å². The Bertz CT molecular complexity index is 1440. The van der Waals surface area contributed by atoms with Crippen molar-refractivity contribution in [1.82, 2.24) is 19.9 Å². The SMILES string of the molecule is CCN1CCN(c2ccc(Nc3ncnc(Oc4cc(F)c5[nH]c(C)cc5c4F)c3C#N)cc2)CC1. The third-order valence-electron chi connectivity index (χ3n) is 6.35. The maximum Gasteiger partial charge on any atom is 0.242 e. The van der Waals surface area contributed by atoms with Gasteiger partial charge in [-0.15, -0.1) is 0 Å². The number of nitrogens with one attached hydrogen (secondary N) is 2. The summed E-state index contributed by atoms with van der Waals surface area (Å²) in [5.41, 5.74) is 2.48. The number of likely N-dealkylation sites (N-methyl/N-ethyl adjacent to an activating group) is 1. The number of aromatic nitrogens is 3. The van der Waals surface area contributed by atoms with Crippen LogP contribution in [0.5, 0.6) is 11.6 Å². The summed E-state index contributed by atoms with van der Waals surface area (Å²) >= 11 is 0. The maximum absolute atomic E-state index is 15.0. The van der Waals surface area contributed by atoms with Crippen LogP contribution in [0.3, 0.4) is 0 Å². The molecule has 1 aliphatic rings. The van der Waals surface area contributed by atoms with Crippen molar-refractivity contribution in [2.24, 2.45) is 0 Å². The van der Waals surface area contributed by atoms with Gasteiger partial charge < -0.3 is 24.8 Å². The molecule has 184 valence electrons. The largest absolute Gasteiger partial charge is 0.434 e. The molecule has 2 N–H and O–H groups in total. The third-order valence-corrected chi connectivity index (χ3v) is 6.35. The molecular weight excluding hydrogens is 464 g/mol. The fourth-order valence-corrected chi connectivity index (χ4v) is 4.37. The zero-order valence-electron chi connectivity index (χ0n) is 20.0. The van der Waals surface area contributed by atoms with Crippen molar-refractivity contribution in [3.63, 3.8) is 0 Å². The Labute approximate surface area is 207 Å². The summed E-state index contributed by atoms with van der Waals surface area (Å²) in [7, 11) is 0. The smallest absolute Gasteiger partial charge is 0.242 e. The molecular formula is C26H25F2N7O. The van der Waals surface area contributed by atoms with E-state index in [1.807, 2.05) is 30.3 Å². The molecule has 0 spiro atoms. The van der Waals surface area contributed by atoms with Crippen molar-refractivity contribution in [3.05, 3.63) is 65.6 Å². The Balaban J connectivity index is 1.36. The number of aromatic amines is 1. The van der Waals surface area contributed by atoms with Gasteiger partial charge in [-0.25, -0.2) is 18.7 Å². The molecule has 0 amide bonds. The molecule has 0 unspecified atom stereocenters. The van der Waals surface area contributed by atoms with Crippen LogP contribution in [0.25, 0.3) is 10.9 Å². The van der Waals surface area contributed by atoms with Gasteiger partial charge in [0.2, 0.25) is 5.88 Å². The summed E-state index contributed by atoms with van der Waals surface area (Å²) in [5.74, 6) is -1.76. The van der Waals surface area contributed by atoms with Crippen molar-refractivity contribution in [3.8, 4) is 17.7 Å². The second kappa shape index (κ2) is 9.79. The van der Waals surface area contributed by atoms with Crippen LogP contribution in [-0.4, -0.2) is 52.6 Å². The second-order valence-electron chi connectivity index (χ2n) is 8.62. The third kappa shape index (κ3) is 4.53. The zero-order valence-corrected chi connectivity index (χ0v) is 20.0. The topological polar surface area (TPSA) is 93.1 Å². The summed E-state index contributed by atoms with van der Waals surface area (Å²) in [6, 6.07) is 12.3. The van der Waals surface area contributed by atoms with Crippen LogP contribution in [0, 0.1) is 29.9 Å². The van der Waals surface area contributed by atoms with Crippen molar-refractivity contribution in [1.29, 1.82) is 5.26 Å². The number of ether oxygens (including phenoxy) is 1. The van der Waals surface area contributed by atoms with E-state index in [1.165, 1.54) is 12.4 Å². The van der Waals surface area contributed by atoms with Crippen molar-refractivity contribution >= 4 is 28.1 Å². The minimum absolute atomic E-state index is 0.0255. The molecule has 5 rings (SSSR count). The number of aryl methyl sites for hydroxylation is 1. The van der Waals surface area contributed by atoms with Gasteiger partial charge in [-0.05, 0) is 43.8 Å². The van der Waals surface area contributed by atoms with E-state index in [2.05, 4.69) is 37.0 Å². The van der Waals surface area contributed by atoms with Gasteiger partial charge in [0.25, 0.3) is 0 Å². The standard InChI is InChI=1S/C26H25F2N7O/c1-3-34-8-10-35(11-9-34)18-6-4-17(5-7-18)33-25-20(14-29)26(31-15-30-25)36-22-13-21(27)24-19(23(22)28)12-16(2)32-24/h4-7,12-13,15,32H,3,8-11H2,1-2H3,(H,30,31,33). The first kappa shape index (κ1) is 23.5. The minimum Gasteiger partial charge on any atom is -0.434 e. The fourth-order valence-electron chi connectivity index (χ4n) is 4.37. The van der Waals surface area contributed by atoms with E-state index in [0.29, 0.717) is 11.4 Å². The predicted octanol–water partition coefficient (Wildman–Crippen LogP) is 5.09. The number of nitriles is 1. The number of rotatable bonds is 6.